The average molecular weight is 240 g/mol. The minimum absolute atomic E-state index is 0.160. The number of benzene rings is 1. The number of nitrogen functional groups attached to an aromatic ring is 1. The highest BCUT2D eigenvalue weighted by atomic mass is 16.1. The van der Waals surface area contributed by atoms with E-state index in [1.165, 1.54) is 0 Å². The van der Waals surface area contributed by atoms with E-state index in [4.69, 9.17) is 5.73 Å². The maximum atomic E-state index is 12.0. The molecule has 0 aliphatic heterocycles. The molecule has 0 fully saturated rings. The van der Waals surface area contributed by atoms with E-state index in [0.29, 0.717) is 17.2 Å². The number of pyridine rings is 1. The van der Waals surface area contributed by atoms with E-state index in [2.05, 4.69) is 9.97 Å². The van der Waals surface area contributed by atoms with Gasteiger partial charge in [-0.05, 0) is 11.6 Å². The molecular formula is C13H12N4O. The fourth-order valence-corrected chi connectivity index (χ4v) is 2.00. The van der Waals surface area contributed by atoms with Crippen LogP contribution in [-0.2, 0) is 7.05 Å². The Hall–Kier alpha value is -2.56. The summed E-state index contributed by atoms with van der Waals surface area (Å²) in [5.41, 5.74) is 8.38. The molecule has 3 N–H and O–H groups in total. The molecule has 2 aromatic heterocycles. The molecule has 0 aliphatic carbocycles. The molecule has 0 saturated carbocycles. The molecule has 5 heteroatoms. The molecule has 3 rings (SSSR count). The number of nitrogens with zero attached hydrogens (tertiary/aromatic N) is 2. The first-order chi connectivity index (χ1) is 8.66. The number of aryl methyl sites for hydroxylation is 1. The molecule has 0 amide bonds. The number of hydrogen-bond donors (Lipinski definition) is 2. The van der Waals surface area contributed by atoms with Gasteiger partial charge in [-0.3, -0.25) is 4.79 Å². The van der Waals surface area contributed by atoms with E-state index in [1.54, 1.807) is 4.57 Å². The number of rotatable bonds is 1. The fraction of sp³-hybridized carbons (Fsp3) is 0.0769. The topological polar surface area (TPSA) is 76.7 Å². The van der Waals surface area contributed by atoms with Gasteiger partial charge in [-0.25, -0.2) is 0 Å². The normalized spacial score (nSPS) is 10.9. The van der Waals surface area contributed by atoms with Crippen LogP contribution >= 0.6 is 0 Å². The van der Waals surface area contributed by atoms with Crippen LogP contribution in [0.2, 0.25) is 0 Å². The number of anilines is 1. The van der Waals surface area contributed by atoms with Crippen LogP contribution in [0.1, 0.15) is 0 Å². The molecule has 2 heterocycles. The summed E-state index contributed by atoms with van der Waals surface area (Å²) in [6.45, 7) is 0. The molecule has 0 atom stereocenters. The predicted molar refractivity (Wildman–Crippen MR) is 71.2 cm³/mol. The van der Waals surface area contributed by atoms with Crippen LogP contribution in [0.3, 0.4) is 0 Å². The maximum absolute atomic E-state index is 12.0. The van der Waals surface area contributed by atoms with E-state index < -0.39 is 0 Å². The largest absolute Gasteiger partial charge is 0.369 e. The molecule has 5 nitrogen and oxygen atoms in total. The van der Waals surface area contributed by atoms with E-state index in [1.807, 2.05) is 43.4 Å². The first kappa shape index (κ1) is 10.6. The predicted octanol–water partition coefficient (Wildman–Crippen LogP) is 1.51. The molecule has 0 bridgehead atoms. The summed E-state index contributed by atoms with van der Waals surface area (Å²) in [5, 5.41) is 0. The SMILES string of the molecule is Cn1c(N)nc2[nH]c(=O)c(-c3ccccc3)cc21. The standard InChI is InChI=1S/C13H12N4O/c1-17-10-7-9(8-5-3-2-4-6-8)12(18)15-11(10)16-13(17)14/h2-7H,1H3,(H3,14,15,16,18). The van der Waals surface area contributed by atoms with Gasteiger partial charge in [-0.2, -0.15) is 4.98 Å². The quantitative estimate of drug-likeness (QED) is 0.677. The second kappa shape index (κ2) is 3.73. The average Bonchev–Trinajstić information content (AvgIpc) is 2.65. The molecule has 0 saturated heterocycles. The lowest BCUT2D eigenvalue weighted by Crippen LogP contribution is -2.08. The third-order valence-corrected chi connectivity index (χ3v) is 3.02. The Kier molecular flexibility index (Phi) is 2.19. The summed E-state index contributed by atoms with van der Waals surface area (Å²) in [4.78, 5) is 18.9. The van der Waals surface area contributed by atoms with Crippen molar-refractivity contribution in [3.8, 4) is 11.1 Å². The molecule has 0 unspecified atom stereocenters. The Morgan fingerprint density at radius 3 is 2.72 bits per heavy atom. The zero-order valence-electron chi connectivity index (χ0n) is 9.84. The Bertz CT molecular complexity index is 771. The Balaban J connectivity index is 2.34. The van der Waals surface area contributed by atoms with Crippen molar-refractivity contribution in [3.63, 3.8) is 0 Å². The Morgan fingerprint density at radius 2 is 2.00 bits per heavy atom. The van der Waals surface area contributed by atoms with Gasteiger partial charge < -0.3 is 15.3 Å². The minimum Gasteiger partial charge on any atom is -0.369 e. The minimum atomic E-state index is -0.160. The van der Waals surface area contributed by atoms with Gasteiger partial charge >= 0.3 is 0 Å². The van der Waals surface area contributed by atoms with Gasteiger partial charge in [0.15, 0.2) is 5.65 Å². The fourth-order valence-electron chi connectivity index (χ4n) is 2.00. The van der Waals surface area contributed by atoms with Gasteiger partial charge in [0.2, 0.25) is 5.95 Å². The zero-order valence-corrected chi connectivity index (χ0v) is 9.84. The van der Waals surface area contributed by atoms with Crippen LogP contribution < -0.4 is 11.3 Å². The number of H-pyrrole nitrogens is 1. The Morgan fingerprint density at radius 1 is 1.28 bits per heavy atom. The number of imidazole rings is 1. The second-order valence-corrected chi connectivity index (χ2v) is 4.14. The molecule has 90 valence electrons. The summed E-state index contributed by atoms with van der Waals surface area (Å²) in [6.07, 6.45) is 0. The van der Waals surface area contributed by atoms with Crippen LogP contribution in [0.4, 0.5) is 5.95 Å². The summed E-state index contributed by atoms with van der Waals surface area (Å²) in [5.74, 6) is 0.380. The van der Waals surface area contributed by atoms with Crippen LogP contribution in [0.25, 0.3) is 22.3 Å². The lowest BCUT2D eigenvalue weighted by Gasteiger charge is -2.01. The number of nitrogens with two attached hydrogens (primary N) is 1. The maximum Gasteiger partial charge on any atom is 0.257 e. The second-order valence-electron chi connectivity index (χ2n) is 4.14. The molecule has 18 heavy (non-hydrogen) atoms. The number of nitrogens with one attached hydrogen (secondary N) is 1. The third-order valence-electron chi connectivity index (χ3n) is 3.02. The first-order valence-electron chi connectivity index (χ1n) is 5.57. The highest BCUT2D eigenvalue weighted by Crippen LogP contribution is 2.20. The highest BCUT2D eigenvalue weighted by molar-refractivity contribution is 5.80. The van der Waals surface area contributed by atoms with Crippen molar-refractivity contribution in [2.24, 2.45) is 7.05 Å². The van der Waals surface area contributed by atoms with Gasteiger partial charge in [-0.15, -0.1) is 0 Å². The molecular weight excluding hydrogens is 228 g/mol. The Labute approximate surface area is 103 Å². The first-order valence-corrected chi connectivity index (χ1v) is 5.57. The van der Waals surface area contributed by atoms with Crippen LogP contribution in [0.5, 0.6) is 0 Å². The van der Waals surface area contributed by atoms with Crippen molar-refractivity contribution in [2.45, 2.75) is 0 Å². The molecule has 0 aliphatic rings. The van der Waals surface area contributed by atoms with Crippen molar-refractivity contribution in [2.75, 3.05) is 5.73 Å². The van der Waals surface area contributed by atoms with E-state index >= 15 is 0 Å². The molecule has 0 spiro atoms. The van der Waals surface area contributed by atoms with Crippen LogP contribution in [0, 0.1) is 0 Å². The number of hydrogen-bond acceptors (Lipinski definition) is 3. The van der Waals surface area contributed by atoms with Crippen LogP contribution in [0.15, 0.2) is 41.2 Å². The molecule has 3 aromatic rings. The summed E-state index contributed by atoms with van der Waals surface area (Å²) < 4.78 is 1.75. The van der Waals surface area contributed by atoms with Gasteiger partial charge in [-0.1, -0.05) is 30.3 Å². The van der Waals surface area contributed by atoms with Gasteiger partial charge in [0.25, 0.3) is 5.56 Å². The lowest BCUT2D eigenvalue weighted by atomic mass is 10.1. The summed E-state index contributed by atoms with van der Waals surface area (Å²) >= 11 is 0. The van der Waals surface area contributed by atoms with Crippen LogP contribution in [-0.4, -0.2) is 14.5 Å². The smallest absolute Gasteiger partial charge is 0.257 e. The van der Waals surface area contributed by atoms with E-state index in [-0.39, 0.29) is 5.56 Å². The van der Waals surface area contributed by atoms with Gasteiger partial charge in [0.1, 0.15) is 0 Å². The van der Waals surface area contributed by atoms with Crippen molar-refractivity contribution in [1.29, 1.82) is 0 Å². The monoisotopic (exact) mass is 240 g/mol. The van der Waals surface area contributed by atoms with Crippen molar-refractivity contribution >= 4 is 17.1 Å². The summed E-state index contributed by atoms with van der Waals surface area (Å²) in [7, 11) is 1.82. The third kappa shape index (κ3) is 1.48. The zero-order chi connectivity index (χ0) is 12.7. The molecule has 1 aromatic carbocycles. The van der Waals surface area contributed by atoms with Gasteiger partial charge in [0.05, 0.1) is 5.52 Å². The lowest BCUT2D eigenvalue weighted by molar-refractivity contribution is 0.965. The number of aromatic nitrogens is 3. The van der Waals surface area contributed by atoms with E-state index in [0.717, 1.165) is 11.1 Å². The number of fused-ring (bicyclic) bond motifs is 1. The van der Waals surface area contributed by atoms with Crippen molar-refractivity contribution in [1.82, 2.24) is 14.5 Å². The van der Waals surface area contributed by atoms with Crippen molar-refractivity contribution in [3.05, 3.63) is 46.8 Å². The molecule has 0 radical (unpaired) electrons. The van der Waals surface area contributed by atoms with Gasteiger partial charge in [0, 0.05) is 12.6 Å². The highest BCUT2D eigenvalue weighted by Gasteiger charge is 2.10. The number of aromatic amines is 1. The van der Waals surface area contributed by atoms with E-state index in [9.17, 15) is 4.79 Å². The van der Waals surface area contributed by atoms with Crippen molar-refractivity contribution < 1.29 is 0 Å². The summed E-state index contributed by atoms with van der Waals surface area (Å²) in [6, 6.07) is 11.3.